The van der Waals surface area contributed by atoms with Crippen molar-refractivity contribution < 1.29 is 9.47 Å². The molecule has 3 aromatic rings. The molecule has 0 amide bonds. The minimum Gasteiger partial charge on any atom is -0.493 e. The van der Waals surface area contributed by atoms with Crippen LogP contribution in [0.3, 0.4) is 0 Å². The lowest BCUT2D eigenvalue weighted by molar-refractivity contribution is 0.230. The lowest BCUT2D eigenvalue weighted by Crippen LogP contribution is -2.09. The quantitative estimate of drug-likeness (QED) is 0.407. The normalized spacial score (nSPS) is 11.1. The largest absolute Gasteiger partial charge is 0.493 e. The van der Waals surface area contributed by atoms with Crippen molar-refractivity contribution in [2.45, 2.75) is 20.0 Å². The number of nitrogens with zero attached hydrogens (tertiary/aromatic N) is 2. The number of hydrogen-bond donors (Lipinski definition) is 1. The summed E-state index contributed by atoms with van der Waals surface area (Å²) >= 11 is 7.66. The molecule has 0 saturated carbocycles. The predicted molar refractivity (Wildman–Crippen MR) is 113 cm³/mol. The Morgan fingerprint density at radius 1 is 1.22 bits per heavy atom. The van der Waals surface area contributed by atoms with Crippen molar-refractivity contribution in [3.05, 3.63) is 58.4 Å². The summed E-state index contributed by atoms with van der Waals surface area (Å²) in [6, 6.07) is 13.5. The van der Waals surface area contributed by atoms with Gasteiger partial charge in [-0.2, -0.15) is 5.10 Å². The Labute approximate surface area is 167 Å². The fraction of sp³-hybridized carbons (Fsp3) is 0.200. The maximum absolute atomic E-state index is 6.18. The molecular weight excluding hydrogens is 382 g/mol. The molecule has 0 unspecified atom stereocenters. The van der Waals surface area contributed by atoms with E-state index in [-0.39, 0.29) is 6.10 Å². The van der Waals surface area contributed by atoms with E-state index in [0.717, 1.165) is 16.8 Å². The van der Waals surface area contributed by atoms with E-state index < -0.39 is 0 Å². The second-order valence-electron chi connectivity index (χ2n) is 5.97. The fourth-order valence-corrected chi connectivity index (χ4v) is 3.31. The van der Waals surface area contributed by atoms with Crippen molar-refractivity contribution in [2.75, 3.05) is 12.5 Å². The summed E-state index contributed by atoms with van der Waals surface area (Å²) in [5, 5.41) is 7.52. The number of halogens is 1. The van der Waals surface area contributed by atoms with Gasteiger partial charge in [0.25, 0.3) is 0 Å². The van der Waals surface area contributed by atoms with Gasteiger partial charge in [-0.3, -0.25) is 5.43 Å². The van der Waals surface area contributed by atoms with Gasteiger partial charge in [0.1, 0.15) is 0 Å². The molecule has 0 radical (unpaired) electrons. The van der Waals surface area contributed by atoms with Gasteiger partial charge >= 0.3 is 0 Å². The third-order valence-electron chi connectivity index (χ3n) is 3.56. The summed E-state index contributed by atoms with van der Waals surface area (Å²) in [6.07, 6.45) is 1.64. The van der Waals surface area contributed by atoms with Gasteiger partial charge in [-0.05, 0) is 19.9 Å². The van der Waals surface area contributed by atoms with Crippen LogP contribution in [0.15, 0.2) is 52.9 Å². The maximum Gasteiger partial charge on any atom is 0.203 e. The van der Waals surface area contributed by atoms with Crippen molar-refractivity contribution >= 4 is 34.3 Å². The van der Waals surface area contributed by atoms with Gasteiger partial charge in [0.05, 0.1) is 25.1 Å². The van der Waals surface area contributed by atoms with Gasteiger partial charge in [0, 0.05) is 27.6 Å². The number of aromatic nitrogens is 1. The molecule has 0 aliphatic heterocycles. The average molecular weight is 402 g/mol. The highest BCUT2D eigenvalue weighted by molar-refractivity contribution is 7.14. The first-order valence-corrected chi connectivity index (χ1v) is 9.67. The van der Waals surface area contributed by atoms with Crippen LogP contribution in [0.1, 0.15) is 19.4 Å². The van der Waals surface area contributed by atoms with Crippen molar-refractivity contribution in [3.63, 3.8) is 0 Å². The molecule has 2 aromatic carbocycles. The second-order valence-corrected chi connectivity index (χ2v) is 7.26. The lowest BCUT2D eigenvalue weighted by Gasteiger charge is -2.16. The van der Waals surface area contributed by atoms with Crippen molar-refractivity contribution in [3.8, 4) is 22.8 Å². The number of rotatable bonds is 7. The van der Waals surface area contributed by atoms with Crippen LogP contribution in [0.2, 0.25) is 5.02 Å². The Balaban J connectivity index is 1.78. The van der Waals surface area contributed by atoms with Crippen molar-refractivity contribution in [1.82, 2.24) is 4.98 Å². The first kappa shape index (κ1) is 19.2. The molecule has 3 rings (SSSR count). The van der Waals surface area contributed by atoms with E-state index in [4.69, 9.17) is 21.1 Å². The van der Waals surface area contributed by atoms with Crippen LogP contribution >= 0.6 is 22.9 Å². The monoisotopic (exact) mass is 401 g/mol. The summed E-state index contributed by atoms with van der Waals surface area (Å²) < 4.78 is 11.3. The number of nitrogens with one attached hydrogen (secondary N) is 1. The fourth-order valence-electron chi connectivity index (χ4n) is 2.42. The zero-order valence-corrected chi connectivity index (χ0v) is 16.8. The molecule has 1 heterocycles. The number of hydrogen-bond acceptors (Lipinski definition) is 6. The molecule has 0 fully saturated rings. The van der Waals surface area contributed by atoms with E-state index in [0.29, 0.717) is 21.7 Å². The molecule has 27 heavy (non-hydrogen) atoms. The standard InChI is InChI=1S/C20H20ClN3O2S/c1-13(2)26-19-15(9-16(21)10-18(19)25-3)11-22-24-20-23-17(12-27-20)14-7-5-4-6-8-14/h4-13H,1-3H3,(H,23,24). The molecular formula is C20H20ClN3O2S. The third-order valence-corrected chi connectivity index (χ3v) is 4.52. The Morgan fingerprint density at radius 2 is 2.00 bits per heavy atom. The van der Waals surface area contributed by atoms with Crippen LogP contribution < -0.4 is 14.9 Å². The third kappa shape index (κ3) is 4.99. The molecule has 1 N–H and O–H groups in total. The Kier molecular flexibility index (Phi) is 6.32. The molecule has 0 aliphatic rings. The first-order valence-electron chi connectivity index (χ1n) is 8.41. The number of ether oxygens (including phenoxy) is 2. The summed E-state index contributed by atoms with van der Waals surface area (Å²) in [7, 11) is 1.58. The van der Waals surface area contributed by atoms with Gasteiger partial charge in [-0.1, -0.05) is 41.9 Å². The highest BCUT2D eigenvalue weighted by atomic mass is 35.5. The SMILES string of the molecule is COc1cc(Cl)cc(C=NNc2nc(-c3ccccc3)cs2)c1OC(C)C. The summed E-state index contributed by atoms with van der Waals surface area (Å²) in [5.41, 5.74) is 5.66. The lowest BCUT2D eigenvalue weighted by atomic mass is 10.2. The molecule has 0 spiro atoms. The molecule has 7 heteroatoms. The molecule has 0 aliphatic carbocycles. The van der Waals surface area contributed by atoms with E-state index in [1.165, 1.54) is 11.3 Å². The number of anilines is 1. The number of thiazole rings is 1. The number of hydrazone groups is 1. The van der Waals surface area contributed by atoms with Gasteiger partial charge in [0.15, 0.2) is 11.5 Å². The number of benzene rings is 2. The predicted octanol–water partition coefficient (Wildman–Crippen LogP) is 5.71. The zero-order valence-electron chi connectivity index (χ0n) is 15.3. The zero-order chi connectivity index (χ0) is 19.2. The van der Waals surface area contributed by atoms with Crippen LogP contribution in [0.25, 0.3) is 11.3 Å². The van der Waals surface area contributed by atoms with Gasteiger partial charge in [-0.25, -0.2) is 4.98 Å². The molecule has 1 aromatic heterocycles. The van der Waals surface area contributed by atoms with E-state index in [1.807, 2.05) is 49.6 Å². The summed E-state index contributed by atoms with van der Waals surface area (Å²) in [4.78, 5) is 4.55. The van der Waals surface area contributed by atoms with Gasteiger partial charge in [0.2, 0.25) is 5.13 Å². The minimum atomic E-state index is -0.00687. The Hall–Kier alpha value is -2.57. The van der Waals surface area contributed by atoms with Gasteiger partial charge < -0.3 is 9.47 Å². The minimum absolute atomic E-state index is 0.00687. The van der Waals surface area contributed by atoms with Crippen molar-refractivity contribution in [1.29, 1.82) is 0 Å². The van der Waals surface area contributed by atoms with Gasteiger partial charge in [-0.15, -0.1) is 11.3 Å². The topological polar surface area (TPSA) is 55.7 Å². The molecule has 0 bridgehead atoms. The van der Waals surface area contributed by atoms with Crippen LogP contribution in [0, 0.1) is 0 Å². The molecule has 140 valence electrons. The second kappa shape index (κ2) is 8.88. The Morgan fingerprint density at radius 3 is 2.70 bits per heavy atom. The van der Waals surface area contributed by atoms with Crippen LogP contribution in [0.4, 0.5) is 5.13 Å². The van der Waals surface area contributed by atoms with E-state index in [1.54, 1.807) is 25.5 Å². The Bertz CT molecular complexity index is 926. The van der Waals surface area contributed by atoms with E-state index in [9.17, 15) is 0 Å². The first-order chi connectivity index (χ1) is 13.1. The molecule has 0 atom stereocenters. The van der Waals surface area contributed by atoms with Crippen LogP contribution in [-0.4, -0.2) is 24.4 Å². The average Bonchev–Trinajstić information content (AvgIpc) is 3.13. The van der Waals surface area contributed by atoms with Crippen LogP contribution in [0.5, 0.6) is 11.5 Å². The number of methoxy groups -OCH3 is 1. The summed E-state index contributed by atoms with van der Waals surface area (Å²) in [6.45, 7) is 3.90. The van der Waals surface area contributed by atoms with E-state index >= 15 is 0 Å². The highest BCUT2D eigenvalue weighted by Crippen LogP contribution is 2.34. The highest BCUT2D eigenvalue weighted by Gasteiger charge is 2.13. The molecule has 0 saturated heterocycles. The maximum atomic E-state index is 6.18. The van der Waals surface area contributed by atoms with Crippen LogP contribution in [-0.2, 0) is 0 Å². The summed E-state index contributed by atoms with van der Waals surface area (Å²) in [5.74, 6) is 1.17. The smallest absolute Gasteiger partial charge is 0.203 e. The molecule has 5 nitrogen and oxygen atoms in total. The van der Waals surface area contributed by atoms with Crippen molar-refractivity contribution in [2.24, 2.45) is 5.10 Å². The van der Waals surface area contributed by atoms with E-state index in [2.05, 4.69) is 15.5 Å².